The molecule has 1 N–H and O–H groups in total. The van der Waals surface area contributed by atoms with Crippen molar-refractivity contribution < 1.29 is 4.79 Å². The molecule has 21 heavy (non-hydrogen) atoms. The number of fused-ring (bicyclic) bond motifs is 1. The molecule has 0 radical (unpaired) electrons. The molecule has 1 unspecified atom stereocenters. The predicted octanol–water partition coefficient (Wildman–Crippen LogP) is 2.63. The van der Waals surface area contributed by atoms with Crippen molar-refractivity contribution in [2.24, 2.45) is 0 Å². The van der Waals surface area contributed by atoms with Crippen LogP contribution in [0.1, 0.15) is 6.92 Å². The molecule has 1 aromatic heterocycles. The minimum atomic E-state index is 0. The van der Waals surface area contributed by atoms with Gasteiger partial charge in [-0.2, -0.15) is 0 Å². The van der Waals surface area contributed by atoms with Crippen molar-refractivity contribution >= 4 is 51.6 Å². The quantitative estimate of drug-likeness (QED) is 0.870. The van der Waals surface area contributed by atoms with Crippen LogP contribution in [0.15, 0.2) is 28.6 Å². The minimum Gasteiger partial charge on any atom is -0.339 e. The number of hydrogen-bond acceptors (Lipinski definition) is 5. The standard InChI is InChI=1S/C14H17N3OS2.ClH/c1-10-8-17(7-6-15-10)13(18)9-19-14-16-11-4-2-3-5-12(11)20-14;/h2-5,10,15H,6-9H2,1H3;1H. The number of para-hydroxylation sites is 1. The van der Waals surface area contributed by atoms with Crippen molar-refractivity contribution in [3.8, 4) is 0 Å². The third-order valence-corrected chi connectivity index (χ3v) is 5.48. The summed E-state index contributed by atoms with van der Waals surface area (Å²) in [6.07, 6.45) is 0. The third-order valence-electron chi connectivity index (χ3n) is 3.31. The number of halogens is 1. The Morgan fingerprint density at radius 3 is 3.10 bits per heavy atom. The Morgan fingerprint density at radius 1 is 1.52 bits per heavy atom. The molecule has 1 aromatic carbocycles. The zero-order valence-corrected chi connectivity index (χ0v) is 14.2. The maximum Gasteiger partial charge on any atom is 0.233 e. The van der Waals surface area contributed by atoms with E-state index in [4.69, 9.17) is 0 Å². The lowest BCUT2D eigenvalue weighted by Gasteiger charge is -2.31. The van der Waals surface area contributed by atoms with E-state index < -0.39 is 0 Å². The summed E-state index contributed by atoms with van der Waals surface area (Å²) in [4.78, 5) is 18.7. The highest BCUT2D eigenvalue weighted by molar-refractivity contribution is 8.01. The molecule has 3 rings (SSSR count). The molecule has 2 aromatic rings. The lowest BCUT2D eigenvalue weighted by molar-refractivity contribution is -0.129. The molecule has 0 aliphatic carbocycles. The third kappa shape index (κ3) is 4.10. The number of amides is 1. The van der Waals surface area contributed by atoms with E-state index in [1.54, 1.807) is 23.1 Å². The Hall–Kier alpha value is -0.820. The molecular formula is C14H18ClN3OS2. The van der Waals surface area contributed by atoms with Gasteiger partial charge in [0.1, 0.15) is 0 Å². The van der Waals surface area contributed by atoms with Gasteiger partial charge in [0.25, 0.3) is 0 Å². The lowest BCUT2D eigenvalue weighted by atomic mass is 10.2. The van der Waals surface area contributed by atoms with Crippen LogP contribution in [-0.2, 0) is 4.79 Å². The first-order chi connectivity index (χ1) is 9.72. The van der Waals surface area contributed by atoms with E-state index in [0.717, 1.165) is 29.5 Å². The second-order valence-electron chi connectivity index (χ2n) is 4.93. The van der Waals surface area contributed by atoms with Crippen LogP contribution in [0.25, 0.3) is 10.2 Å². The Balaban J connectivity index is 0.00000161. The van der Waals surface area contributed by atoms with Crippen molar-refractivity contribution in [2.75, 3.05) is 25.4 Å². The maximum absolute atomic E-state index is 12.2. The summed E-state index contributed by atoms with van der Waals surface area (Å²) in [5.74, 6) is 0.689. The van der Waals surface area contributed by atoms with Crippen LogP contribution < -0.4 is 5.32 Å². The molecule has 1 aliphatic rings. The van der Waals surface area contributed by atoms with Crippen LogP contribution in [0.5, 0.6) is 0 Å². The Bertz CT molecular complexity index is 586. The number of hydrogen-bond donors (Lipinski definition) is 1. The van der Waals surface area contributed by atoms with Gasteiger partial charge in [-0.3, -0.25) is 4.79 Å². The highest BCUT2D eigenvalue weighted by Gasteiger charge is 2.20. The van der Waals surface area contributed by atoms with Crippen LogP contribution >= 0.6 is 35.5 Å². The second-order valence-corrected chi connectivity index (χ2v) is 7.18. The SMILES string of the molecule is CC1CN(C(=O)CSc2nc3ccccc3s2)CCN1.Cl. The van der Waals surface area contributed by atoms with Crippen molar-refractivity contribution in [1.29, 1.82) is 0 Å². The van der Waals surface area contributed by atoms with Crippen LogP contribution in [0.2, 0.25) is 0 Å². The van der Waals surface area contributed by atoms with Crippen LogP contribution in [-0.4, -0.2) is 47.2 Å². The molecule has 114 valence electrons. The van der Waals surface area contributed by atoms with E-state index in [2.05, 4.69) is 23.3 Å². The molecule has 0 bridgehead atoms. The van der Waals surface area contributed by atoms with Gasteiger partial charge in [0, 0.05) is 25.7 Å². The number of thiazole rings is 1. The monoisotopic (exact) mass is 343 g/mol. The van der Waals surface area contributed by atoms with Gasteiger partial charge in [0.15, 0.2) is 4.34 Å². The number of carbonyl (C=O) groups is 1. The molecular weight excluding hydrogens is 326 g/mol. The Morgan fingerprint density at radius 2 is 2.33 bits per heavy atom. The smallest absolute Gasteiger partial charge is 0.233 e. The normalized spacial score (nSPS) is 18.5. The van der Waals surface area contributed by atoms with E-state index >= 15 is 0 Å². The first kappa shape index (κ1) is 16.5. The summed E-state index contributed by atoms with van der Waals surface area (Å²) in [6, 6.07) is 8.47. The summed E-state index contributed by atoms with van der Waals surface area (Å²) in [5, 5.41) is 3.35. The molecule has 1 atom stereocenters. The zero-order chi connectivity index (χ0) is 13.9. The van der Waals surface area contributed by atoms with E-state index in [0.29, 0.717) is 11.8 Å². The van der Waals surface area contributed by atoms with Crippen molar-refractivity contribution in [2.45, 2.75) is 17.3 Å². The first-order valence-electron chi connectivity index (χ1n) is 6.72. The largest absolute Gasteiger partial charge is 0.339 e. The van der Waals surface area contributed by atoms with E-state index in [9.17, 15) is 4.79 Å². The van der Waals surface area contributed by atoms with E-state index in [1.165, 1.54) is 4.70 Å². The molecule has 1 amide bonds. The summed E-state index contributed by atoms with van der Waals surface area (Å²) >= 11 is 3.20. The van der Waals surface area contributed by atoms with Gasteiger partial charge >= 0.3 is 0 Å². The molecule has 7 heteroatoms. The summed E-state index contributed by atoms with van der Waals surface area (Å²) < 4.78 is 2.15. The summed E-state index contributed by atoms with van der Waals surface area (Å²) in [5.41, 5.74) is 1.02. The highest BCUT2D eigenvalue weighted by Crippen LogP contribution is 2.29. The van der Waals surface area contributed by atoms with Gasteiger partial charge in [-0.25, -0.2) is 4.98 Å². The van der Waals surface area contributed by atoms with E-state index in [1.807, 2.05) is 23.1 Å². The zero-order valence-electron chi connectivity index (χ0n) is 11.7. The van der Waals surface area contributed by atoms with Gasteiger partial charge in [-0.1, -0.05) is 23.9 Å². The number of nitrogens with zero attached hydrogens (tertiary/aromatic N) is 2. The van der Waals surface area contributed by atoms with Gasteiger partial charge in [0.2, 0.25) is 5.91 Å². The van der Waals surface area contributed by atoms with Crippen LogP contribution in [0.4, 0.5) is 0 Å². The number of thioether (sulfide) groups is 1. The Labute approximate surface area is 138 Å². The van der Waals surface area contributed by atoms with Crippen LogP contribution in [0, 0.1) is 0 Å². The molecule has 2 heterocycles. The predicted molar refractivity (Wildman–Crippen MR) is 91.6 cm³/mol. The lowest BCUT2D eigenvalue weighted by Crippen LogP contribution is -2.51. The van der Waals surface area contributed by atoms with Crippen LogP contribution in [0.3, 0.4) is 0 Å². The average molecular weight is 344 g/mol. The topological polar surface area (TPSA) is 45.2 Å². The molecule has 1 saturated heterocycles. The number of rotatable bonds is 3. The number of piperazine rings is 1. The van der Waals surface area contributed by atoms with Gasteiger partial charge in [-0.15, -0.1) is 23.7 Å². The van der Waals surface area contributed by atoms with Crippen molar-refractivity contribution in [1.82, 2.24) is 15.2 Å². The molecule has 4 nitrogen and oxygen atoms in total. The second kappa shape index (κ2) is 7.45. The van der Waals surface area contributed by atoms with Gasteiger partial charge in [0.05, 0.1) is 16.0 Å². The maximum atomic E-state index is 12.2. The van der Waals surface area contributed by atoms with Crippen molar-refractivity contribution in [3.63, 3.8) is 0 Å². The molecule has 0 spiro atoms. The van der Waals surface area contributed by atoms with Gasteiger partial charge in [-0.05, 0) is 19.1 Å². The average Bonchev–Trinajstić information content (AvgIpc) is 2.87. The number of benzene rings is 1. The van der Waals surface area contributed by atoms with Crippen molar-refractivity contribution in [3.05, 3.63) is 24.3 Å². The molecule has 1 aliphatic heterocycles. The van der Waals surface area contributed by atoms with E-state index in [-0.39, 0.29) is 18.3 Å². The molecule has 1 fully saturated rings. The Kier molecular flexibility index (Phi) is 5.87. The van der Waals surface area contributed by atoms with Gasteiger partial charge < -0.3 is 10.2 Å². The highest BCUT2D eigenvalue weighted by atomic mass is 35.5. The summed E-state index contributed by atoms with van der Waals surface area (Å²) in [7, 11) is 0. The summed E-state index contributed by atoms with van der Waals surface area (Å²) in [6.45, 7) is 4.61. The number of carbonyl (C=O) groups excluding carboxylic acids is 1. The fourth-order valence-electron chi connectivity index (χ4n) is 2.29. The number of aromatic nitrogens is 1. The fourth-order valence-corrected chi connectivity index (χ4v) is 4.26. The molecule has 0 saturated carbocycles. The minimum absolute atomic E-state index is 0. The number of nitrogens with one attached hydrogen (secondary N) is 1. The first-order valence-corrected chi connectivity index (χ1v) is 8.52. The fraction of sp³-hybridized carbons (Fsp3) is 0.429.